The van der Waals surface area contributed by atoms with Crippen LogP contribution in [0.4, 0.5) is 10.3 Å². The molecule has 4 nitrogen and oxygen atoms in total. The summed E-state index contributed by atoms with van der Waals surface area (Å²) in [6.07, 6.45) is 1.92. The first-order valence-electron chi connectivity index (χ1n) is 8.61. The molecule has 0 N–H and O–H groups in total. The summed E-state index contributed by atoms with van der Waals surface area (Å²) in [6.45, 7) is 0. The standard InChI is InChI=1S/C21H14ClFN4/c22-16-6-3-7-17(23)20(16)19-11-18(26-21-24-12-25-27(19)21)15-9-8-13-4-1-2-5-14(13)10-15/h1-10,12,19H,11H2. The SMILES string of the molecule is Fc1cccc(Cl)c1C1CC(c2ccc3ccccc3c2)=Nc2ncnn21. The molecule has 3 aromatic carbocycles. The van der Waals surface area contributed by atoms with Crippen LogP contribution in [0.15, 0.2) is 72.0 Å². The third-order valence-electron chi connectivity index (χ3n) is 4.89. The second-order valence-corrected chi connectivity index (χ2v) is 6.89. The highest BCUT2D eigenvalue weighted by molar-refractivity contribution is 6.31. The normalized spacial score (nSPS) is 16.2. The summed E-state index contributed by atoms with van der Waals surface area (Å²) in [5.41, 5.74) is 2.24. The van der Waals surface area contributed by atoms with Gasteiger partial charge in [-0.2, -0.15) is 10.1 Å². The molecule has 0 saturated carbocycles. The minimum Gasteiger partial charge on any atom is -0.222 e. The van der Waals surface area contributed by atoms with Crippen LogP contribution in [0, 0.1) is 5.82 Å². The van der Waals surface area contributed by atoms with Crippen LogP contribution >= 0.6 is 11.6 Å². The van der Waals surface area contributed by atoms with Crippen molar-refractivity contribution < 1.29 is 4.39 Å². The van der Waals surface area contributed by atoms with Crippen LogP contribution in [0.3, 0.4) is 0 Å². The molecule has 1 aliphatic heterocycles. The van der Waals surface area contributed by atoms with Crippen LogP contribution in [-0.2, 0) is 0 Å². The van der Waals surface area contributed by atoms with Crippen LogP contribution in [0.2, 0.25) is 5.02 Å². The fourth-order valence-corrected chi connectivity index (χ4v) is 3.87. The Morgan fingerprint density at radius 3 is 2.70 bits per heavy atom. The molecule has 0 spiro atoms. The fourth-order valence-electron chi connectivity index (χ4n) is 3.58. The predicted octanol–water partition coefficient (Wildman–Crippen LogP) is 5.34. The maximum absolute atomic E-state index is 14.6. The molecule has 132 valence electrons. The van der Waals surface area contributed by atoms with Gasteiger partial charge in [0.15, 0.2) is 0 Å². The number of hydrogen-bond acceptors (Lipinski definition) is 3. The van der Waals surface area contributed by atoms with Crippen molar-refractivity contribution in [3.05, 3.63) is 89.0 Å². The molecule has 0 saturated heterocycles. The van der Waals surface area contributed by atoms with Gasteiger partial charge in [-0.15, -0.1) is 0 Å². The van der Waals surface area contributed by atoms with Gasteiger partial charge in [-0.3, -0.25) is 0 Å². The Morgan fingerprint density at radius 2 is 1.85 bits per heavy atom. The molecule has 4 aromatic rings. The molecule has 27 heavy (non-hydrogen) atoms. The Labute approximate surface area is 160 Å². The number of rotatable bonds is 2. The highest BCUT2D eigenvalue weighted by Gasteiger charge is 2.29. The smallest absolute Gasteiger partial charge is 0.222 e. The number of aliphatic imine (C=N–C) groups is 1. The molecule has 2 heterocycles. The van der Waals surface area contributed by atoms with E-state index in [0.717, 1.165) is 22.0 Å². The quantitative estimate of drug-likeness (QED) is 0.474. The second kappa shape index (κ2) is 6.28. The van der Waals surface area contributed by atoms with Gasteiger partial charge in [-0.05, 0) is 34.5 Å². The Morgan fingerprint density at radius 1 is 1.00 bits per heavy atom. The van der Waals surface area contributed by atoms with Crippen molar-refractivity contribution in [2.24, 2.45) is 4.99 Å². The van der Waals surface area contributed by atoms with Crippen molar-refractivity contribution in [3.8, 4) is 0 Å². The molecule has 1 aliphatic rings. The molecule has 0 radical (unpaired) electrons. The highest BCUT2D eigenvalue weighted by Crippen LogP contribution is 2.37. The van der Waals surface area contributed by atoms with E-state index in [1.165, 1.54) is 12.4 Å². The summed E-state index contributed by atoms with van der Waals surface area (Å²) >= 11 is 6.33. The largest absolute Gasteiger partial charge is 0.248 e. The lowest BCUT2D eigenvalue weighted by Crippen LogP contribution is -2.22. The molecule has 1 unspecified atom stereocenters. The van der Waals surface area contributed by atoms with Crippen molar-refractivity contribution in [3.63, 3.8) is 0 Å². The van der Waals surface area contributed by atoms with Crippen LogP contribution in [0.25, 0.3) is 10.8 Å². The van der Waals surface area contributed by atoms with Gasteiger partial charge in [-0.25, -0.2) is 14.1 Å². The Balaban J connectivity index is 1.64. The average Bonchev–Trinajstić information content (AvgIpc) is 3.16. The van der Waals surface area contributed by atoms with E-state index in [9.17, 15) is 4.39 Å². The minimum absolute atomic E-state index is 0.353. The summed E-state index contributed by atoms with van der Waals surface area (Å²) in [5.74, 6) is 0.0995. The molecule has 0 amide bonds. The highest BCUT2D eigenvalue weighted by atomic mass is 35.5. The third kappa shape index (κ3) is 2.71. The van der Waals surface area contributed by atoms with E-state index in [0.29, 0.717) is 23.0 Å². The number of fused-ring (bicyclic) bond motifs is 2. The van der Waals surface area contributed by atoms with Gasteiger partial charge >= 0.3 is 0 Å². The van der Waals surface area contributed by atoms with E-state index in [1.807, 2.05) is 18.2 Å². The van der Waals surface area contributed by atoms with Crippen LogP contribution < -0.4 is 0 Å². The van der Waals surface area contributed by atoms with Crippen molar-refractivity contribution in [2.75, 3.05) is 0 Å². The number of halogens is 2. The lowest BCUT2D eigenvalue weighted by Gasteiger charge is -2.25. The second-order valence-electron chi connectivity index (χ2n) is 6.48. The fraction of sp³-hybridized carbons (Fsp3) is 0.0952. The number of nitrogens with zero attached hydrogens (tertiary/aromatic N) is 4. The van der Waals surface area contributed by atoms with E-state index in [2.05, 4.69) is 39.3 Å². The van der Waals surface area contributed by atoms with Crippen LogP contribution in [-0.4, -0.2) is 20.5 Å². The van der Waals surface area contributed by atoms with Crippen LogP contribution in [0.1, 0.15) is 23.6 Å². The van der Waals surface area contributed by atoms with Gasteiger partial charge in [0, 0.05) is 17.0 Å². The zero-order valence-electron chi connectivity index (χ0n) is 14.2. The molecule has 5 rings (SSSR count). The summed E-state index contributed by atoms with van der Waals surface area (Å²) in [5, 5.41) is 6.92. The van der Waals surface area contributed by atoms with Crippen molar-refractivity contribution in [2.45, 2.75) is 12.5 Å². The molecule has 1 aromatic heterocycles. The Bertz CT molecular complexity index is 1180. The monoisotopic (exact) mass is 376 g/mol. The maximum atomic E-state index is 14.6. The van der Waals surface area contributed by atoms with Crippen molar-refractivity contribution >= 4 is 34.0 Å². The molecular formula is C21H14ClFN4. The van der Waals surface area contributed by atoms with Gasteiger partial charge in [0.05, 0.1) is 11.8 Å². The first kappa shape index (κ1) is 16.1. The Hall–Kier alpha value is -3.05. The molecule has 1 atom stereocenters. The summed E-state index contributed by atoms with van der Waals surface area (Å²) in [7, 11) is 0. The van der Waals surface area contributed by atoms with Crippen molar-refractivity contribution in [1.82, 2.24) is 14.8 Å². The molecule has 0 fully saturated rings. The zero-order valence-corrected chi connectivity index (χ0v) is 14.9. The zero-order chi connectivity index (χ0) is 18.4. The van der Waals surface area contributed by atoms with Gasteiger partial charge in [0.25, 0.3) is 0 Å². The van der Waals surface area contributed by atoms with E-state index in [1.54, 1.807) is 16.8 Å². The van der Waals surface area contributed by atoms with Crippen LogP contribution in [0.5, 0.6) is 0 Å². The minimum atomic E-state index is -0.393. The van der Waals surface area contributed by atoms with Gasteiger partial charge in [0.1, 0.15) is 12.1 Å². The number of hydrogen-bond donors (Lipinski definition) is 0. The summed E-state index contributed by atoms with van der Waals surface area (Å²) in [6, 6.07) is 18.7. The first-order valence-corrected chi connectivity index (χ1v) is 8.98. The van der Waals surface area contributed by atoms with E-state index >= 15 is 0 Å². The van der Waals surface area contributed by atoms with E-state index in [-0.39, 0.29) is 5.82 Å². The van der Waals surface area contributed by atoms with E-state index in [4.69, 9.17) is 11.6 Å². The third-order valence-corrected chi connectivity index (χ3v) is 5.22. The maximum Gasteiger partial charge on any atom is 0.248 e. The van der Waals surface area contributed by atoms with Gasteiger partial charge < -0.3 is 0 Å². The molecule has 0 aliphatic carbocycles. The molecular weight excluding hydrogens is 363 g/mol. The number of benzene rings is 3. The first-order chi connectivity index (χ1) is 13.2. The predicted molar refractivity (Wildman–Crippen MR) is 104 cm³/mol. The lowest BCUT2D eigenvalue weighted by atomic mass is 9.94. The molecule has 6 heteroatoms. The Kier molecular flexibility index (Phi) is 3.76. The lowest BCUT2D eigenvalue weighted by molar-refractivity contribution is 0.497. The summed E-state index contributed by atoms with van der Waals surface area (Å²) < 4.78 is 16.2. The van der Waals surface area contributed by atoms with Gasteiger partial charge in [-0.1, -0.05) is 54.1 Å². The van der Waals surface area contributed by atoms with Crippen molar-refractivity contribution in [1.29, 1.82) is 0 Å². The van der Waals surface area contributed by atoms with E-state index < -0.39 is 6.04 Å². The summed E-state index contributed by atoms with van der Waals surface area (Å²) in [4.78, 5) is 8.89. The molecule has 0 bridgehead atoms. The number of aromatic nitrogens is 3. The topological polar surface area (TPSA) is 43.1 Å². The van der Waals surface area contributed by atoms with Gasteiger partial charge in [0.2, 0.25) is 5.95 Å². The average molecular weight is 377 g/mol.